The van der Waals surface area contributed by atoms with Crippen molar-refractivity contribution in [3.63, 3.8) is 0 Å². The first-order valence-corrected chi connectivity index (χ1v) is 4.24. The molecule has 0 saturated carbocycles. The van der Waals surface area contributed by atoms with E-state index in [1.807, 2.05) is 0 Å². The molecule has 0 saturated heterocycles. The Bertz CT molecular complexity index is 434. The maximum Gasteiger partial charge on any atom is 0.278 e. The lowest BCUT2D eigenvalue weighted by Crippen LogP contribution is -2.21. The Morgan fingerprint density at radius 3 is 2.44 bits per heavy atom. The maximum absolute atomic E-state index is 13.1. The predicted octanol–water partition coefficient (Wildman–Crippen LogP) is 2.87. The molecule has 0 N–H and O–H groups in total. The predicted molar refractivity (Wildman–Crippen MR) is 47.2 cm³/mol. The molecule has 86 valence electrons. The Morgan fingerprint density at radius 1 is 1.31 bits per heavy atom. The van der Waals surface area contributed by atoms with Crippen molar-refractivity contribution in [2.75, 3.05) is 6.61 Å². The van der Waals surface area contributed by atoms with E-state index in [1.54, 1.807) is 0 Å². The normalized spacial score (nSPS) is 11.0. The fraction of sp³-hybridized carbons (Fsp3) is 0.300. The Balaban J connectivity index is 2.92. The summed E-state index contributed by atoms with van der Waals surface area (Å²) in [5.41, 5.74) is -0.506. The fourth-order valence-corrected chi connectivity index (χ4v) is 0.934. The summed E-state index contributed by atoms with van der Waals surface area (Å²) in [5.74, 6) is -6.63. The van der Waals surface area contributed by atoms with Crippen LogP contribution in [0, 0.1) is 23.0 Å². The Hall–Kier alpha value is -1.77. The van der Waals surface area contributed by atoms with E-state index in [4.69, 9.17) is 5.26 Å². The van der Waals surface area contributed by atoms with Crippen molar-refractivity contribution in [1.82, 2.24) is 0 Å². The number of halogens is 4. The van der Waals surface area contributed by atoms with E-state index in [0.29, 0.717) is 6.92 Å². The van der Waals surface area contributed by atoms with Gasteiger partial charge < -0.3 is 4.74 Å². The minimum absolute atomic E-state index is 0.506. The molecule has 1 aromatic rings. The van der Waals surface area contributed by atoms with Gasteiger partial charge in [-0.3, -0.25) is 0 Å². The number of nitriles is 1. The molecule has 0 heterocycles. The van der Waals surface area contributed by atoms with Crippen LogP contribution in [0.2, 0.25) is 0 Å². The van der Waals surface area contributed by atoms with Gasteiger partial charge in [-0.05, 0) is 12.1 Å². The molecule has 1 aromatic carbocycles. The average molecular weight is 233 g/mol. The SMILES string of the molecule is CC(F)(F)COc1ccc(C#N)c(F)c1F. The maximum atomic E-state index is 13.1. The summed E-state index contributed by atoms with van der Waals surface area (Å²) in [4.78, 5) is 0. The van der Waals surface area contributed by atoms with Crippen molar-refractivity contribution in [2.45, 2.75) is 12.8 Å². The van der Waals surface area contributed by atoms with E-state index in [-0.39, 0.29) is 0 Å². The lowest BCUT2D eigenvalue weighted by Gasteiger charge is -2.12. The van der Waals surface area contributed by atoms with E-state index < -0.39 is 35.5 Å². The fourth-order valence-electron chi connectivity index (χ4n) is 0.934. The molecular weight excluding hydrogens is 226 g/mol. The van der Waals surface area contributed by atoms with Crippen LogP contribution in [0.5, 0.6) is 5.75 Å². The third-order valence-electron chi connectivity index (χ3n) is 1.65. The summed E-state index contributed by atoms with van der Waals surface area (Å²) in [5, 5.41) is 8.38. The molecule has 0 aliphatic heterocycles. The summed E-state index contributed by atoms with van der Waals surface area (Å²) in [7, 11) is 0. The van der Waals surface area contributed by atoms with Gasteiger partial charge in [0.15, 0.2) is 18.2 Å². The number of alkyl halides is 2. The number of hydrogen-bond acceptors (Lipinski definition) is 2. The van der Waals surface area contributed by atoms with Crippen molar-refractivity contribution in [3.8, 4) is 11.8 Å². The molecule has 0 unspecified atom stereocenters. The molecule has 0 spiro atoms. The summed E-state index contributed by atoms with van der Waals surface area (Å²) in [6.07, 6.45) is 0. The molecule has 0 atom stereocenters. The monoisotopic (exact) mass is 233 g/mol. The Labute approximate surface area is 89.1 Å². The van der Waals surface area contributed by atoms with Crippen LogP contribution in [0.1, 0.15) is 12.5 Å². The second-order valence-corrected chi connectivity index (χ2v) is 3.21. The highest BCUT2D eigenvalue weighted by atomic mass is 19.3. The number of ether oxygens (including phenoxy) is 1. The summed E-state index contributed by atoms with van der Waals surface area (Å²) < 4.78 is 55.3. The third kappa shape index (κ3) is 2.86. The first-order chi connectivity index (χ1) is 7.35. The molecule has 0 aliphatic rings. The molecule has 0 aromatic heterocycles. The molecule has 0 fully saturated rings. The van der Waals surface area contributed by atoms with Crippen LogP contribution in [0.25, 0.3) is 0 Å². The molecular formula is C10H7F4NO. The minimum atomic E-state index is -3.14. The van der Waals surface area contributed by atoms with Crippen LogP contribution in [-0.2, 0) is 0 Å². The van der Waals surface area contributed by atoms with Gasteiger partial charge in [-0.2, -0.15) is 9.65 Å². The van der Waals surface area contributed by atoms with E-state index in [0.717, 1.165) is 12.1 Å². The molecule has 0 amide bonds. The van der Waals surface area contributed by atoms with Gasteiger partial charge in [-0.1, -0.05) is 0 Å². The Morgan fingerprint density at radius 2 is 1.94 bits per heavy atom. The van der Waals surface area contributed by atoms with Crippen LogP contribution >= 0.6 is 0 Å². The molecule has 0 radical (unpaired) electrons. The van der Waals surface area contributed by atoms with Crippen LogP contribution in [0.4, 0.5) is 17.6 Å². The van der Waals surface area contributed by atoms with Crippen molar-refractivity contribution in [3.05, 3.63) is 29.3 Å². The quantitative estimate of drug-likeness (QED) is 0.752. The van der Waals surface area contributed by atoms with Crippen LogP contribution in [-0.4, -0.2) is 12.5 Å². The second-order valence-electron chi connectivity index (χ2n) is 3.21. The van der Waals surface area contributed by atoms with E-state index in [1.165, 1.54) is 6.07 Å². The second kappa shape index (κ2) is 4.39. The topological polar surface area (TPSA) is 33.0 Å². The standard InChI is InChI=1S/C10H7F4NO/c1-10(13,14)5-16-7-3-2-6(4-15)8(11)9(7)12/h2-3H,5H2,1H3. The molecule has 0 bridgehead atoms. The van der Waals surface area contributed by atoms with Gasteiger partial charge in [0.25, 0.3) is 5.92 Å². The highest BCUT2D eigenvalue weighted by molar-refractivity contribution is 5.37. The zero-order valence-electron chi connectivity index (χ0n) is 8.23. The number of rotatable bonds is 3. The average Bonchev–Trinajstić information content (AvgIpc) is 2.19. The van der Waals surface area contributed by atoms with Gasteiger partial charge in [0.2, 0.25) is 5.82 Å². The van der Waals surface area contributed by atoms with Gasteiger partial charge in [-0.25, -0.2) is 13.2 Å². The van der Waals surface area contributed by atoms with Crippen molar-refractivity contribution < 1.29 is 22.3 Å². The lowest BCUT2D eigenvalue weighted by molar-refractivity contribution is -0.0240. The first-order valence-electron chi connectivity index (χ1n) is 4.24. The summed E-state index contributed by atoms with van der Waals surface area (Å²) in [6.45, 7) is -0.472. The molecule has 6 heteroatoms. The van der Waals surface area contributed by atoms with Crippen molar-refractivity contribution in [2.24, 2.45) is 0 Å². The number of hydrogen-bond donors (Lipinski definition) is 0. The smallest absolute Gasteiger partial charge is 0.278 e. The lowest BCUT2D eigenvalue weighted by atomic mass is 10.2. The summed E-state index contributed by atoms with van der Waals surface area (Å²) >= 11 is 0. The van der Waals surface area contributed by atoms with Gasteiger partial charge >= 0.3 is 0 Å². The molecule has 2 nitrogen and oxygen atoms in total. The van der Waals surface area contributed by atoms with E-state index in [2.05, 4.69) is 4.74 Å². The summed E-state index contributed by atoms with van der Waals surface area (Å²) in [6, 6.07) is 3.31. The number of benzene rings is 1. The van der Waals surface area contributed by atoms with Crippen LogP contribution in [0.15, 0.2) is 12.1 Å². The highest BCUT2D eigenvalue weighted by Crippen LogP contribution is 2.24. The molecule has 16 heavy (non-hydrogen) atoms. The first kappa shape index (κ1) is 12.3. The Kier molecular flexibility index (Phi) is 3.38. The minimum Gasteiger partial charge on any atom is -0.484 e. The third-order valence-corrected chi connectivity index (χ3v) is 1.65. The van der Waals surface area contributed by atoms with Gasteiger partial charge in [-0.15, -0.1) is 0 Å². The van der Waals surface area contributed by atoms with E-state index in [9.17, 15) is 17.6 Å². The van der Waals surface area contributed by atoms with Crippen molar-refractivity contribution in [1.29, 1.82) is 5.26 Å². The molecule has 0 aliphatic carbocycles. The van der Waals surface area contributed by atoms with Gasteiger partial charge in [0.1, 0.15) is 6.07 Å². The zero-order chi connectivity index (χ0) is 12.3. The van der Waals surface area contributed by atoms with Crippen LogP contribution in [0.3, 0.4) is 0 Å². The highest BCUT2D eigenvalue weighted by Gasteiger charge is 2.24. The van der Waals surface area contributed by atoms with Gasteiger partial charge in [0, 0.05) is 6.92 Å². The zero-order valence-corrected chi connectivity index (χ0v) is 8.23. The van der Waals surface area contributed by atoms with Crippen LogP contribution < -0.4 is 4.74 Å². The largest absolute Gasteiger partial charge is 0.484 e. The van der Waals surface area contributed by atoms with Gasteiger partial charge in [0.05, 0.1) is 5.56 Å². The molecule has 1 rings (SSSR count). The van der Waals surface area contributed by atoms with E-state index >= 15 is 0 Å². The number of nitrogens with zero attached hydrogens (tertiary/aromatic N) is 1. The van der Waals surface area contributed by atoms with Crippen molar-refractivity contribution >= 4 is 0 Å².